The molecule has 1 aliphatic heterocycles. The van der Waals surface area contributed by atoms with E-state index in [0.717, 1.165) is 50.5 Å². The fourth-order valence-corrected chi connectivity index (χ4v) is 4.55. The average molecular weight is 440 g/mol. The number of anilines is 3. The maximum absolute atomic E-state index is 13.2. The van der Waals surface area contributed by atoms with Crippen LogP contribution in [0.2, 0.25) is 0 Å². The molecule has 1 amide bonds. The summed E-state index contributed by atoms with van der Waals surface area (Å²) >= 11 is 0. The fraction of sp³-hybridized carbons (Fsp3) is 0.500. The first kappa shape index (κ1) is 22.2. The molecular formula is C24H33N5O3. The Kier molecular flexibility index (Phi) is 6.99. The van der Waals surface area contributed by atoms with Gasteiger partial charge in [-0.1, -0.05) is 19.3 Å². The number of H-pyrrole nitrogens is 1. The van der Waals surface area contributed by atoms with E-state index in [1.54, 1.807) is 19.4 Å². The van der Waals surface area contributed by atoms with Gasteiger partial charge in [-0.05, 0) is 44.2 Å². The molecule has 0 unspecified atom stereocenters. The average Bonchev–Trinajstić information content (AvgIpc) is 2.80. The van der Waals surface area contributed by atoms with Gasteiger partial charge < -0.3 is 30.2 Å². The van der Waals surface area contributed by atoms with Gasteiger partial charge in [0.15, 0.2) is 0 Å². The smallest absolute Gasteiger partial charge is 0.263 e. The van der Waals surface area contributed by atoms with Gasteiger partial charge in [-0.2, -0.15) is 0 Å². The largest absolute Gasteiger partial charge is 0.495 e. The number of piperazine rings is 1. The number of methoxy groups -OCH3 is 1. The van der Waals surface area contributed by atoms with Crippen LogP contribution in [0.5, 0.6) is 5.75 Å². The van der Waals surface area contributed by atoms with Crippen molar-refractivity contribution in [1.82, 2.24) is 9.88 Å². The molecule has 2 aliphatic rings. The Morgan fingerprint density at radius 1 is 1.09 bits per heavy atom. The Morgan fingerprint density at radius 3 is 2.56 bits per heavy atom. The van der Waals surface area contributed by atoms with E-state index >= 15 is 0 Å². The SMILES string of the molecule is COc1ccc(NC(=O)c2c(NC3CCCCC3)cc[nH]c2=O)cc1N1CCN(C)CC1. The van der Waals surface area contributed by atoms with Crippen molar-refractivity contribution < 1.29 is 9.53 Å². The molecule has 1 saturated carbocycles. The highest BCUT2D eigenvalue weighted by molar-refractivity contribution is 6.08. The molecule has 8 heteroatoms. The molecule has 2 fully saturated rings. The highest BCUT2D eigenvalue weighted by Gasteiger charge is 2.22. The summed E-state index contributed by atoms with van der Waals surface area (Å²) in [7, 11) is 3.77. The summed E-state index contributed by atoms with van der Waals surface area (Å²) in [4.78, 5) is 32.9. The number of aromatic amines is 1. The van der Waals surface area contributed by atoms with Crippen molar-refractivity contribution in [2.45, 2.75) is 38.1 Å². The van der Waals surface area contributed by atoms with E-state index in [1.165, 1.54) is 19.3 Å². The number of amides is 1. The molecule has 3 N–H and O–H groups in total. The van der Waals surface area contributed by atoms with E-state index in [2.05, 4.69) is 32.5 Å². The fourth-order valence-electron chi connectivity index (χ4n) is 4.55. The first-order valence-electron chi connectivity index (χ1n) is 11.5. The molecule has 4 rings (SSSR count). The van der Waals surface area contributed by atoms with Crippen LogP contribution in [-0.2, 0) is 0 Å². The van der Waals surface area contributed by atoms with Crippen LogP contribution >= 0.6 is 0 Å². The Bertz CT molecular complexity index is 991. The van der Waals surface area contributed by atoms with Gasteiger partial charge in [-0.3, -0.25) is 9.59 Å². The van der Waals surface area contributed by atoms with Crippen molar-refractivity contribution in [3.63, 3.8) is 0 Å². The molecule has 1 saturated heterocycles. The highest BCUT2D eigenvalue weighted by atomic mass is 16.5. The number of ether oxygens (including phenoxy) is 1. The minimum Gasteiger partial charge on any atom is -0.495 e. The van der Waals surface area contributed by atoms with Crippen LogP contribution in [0.1, 0.15) is 42.5 Å². The molecule has 0 bridgehead atoms. The van der Waals surface area contributed by atoms with Crippen LogP contribution in [0.3, 0.4) is 0 Å². The summed E-state index contributed by atoms with van der Waals surface area (Å²) < 4.78 is 5.56. The lowest BCUT2D eigenvalue weighted by molar-refractivity contribution is 0.102. The van der Waals surface area contributed by atoms with E-state index in [1.807, 2.05) is 18.2 Å². The number of pyridine rings is 1. The third kappa shape index (κ3) is 5.07. The maximum Gasteiger partial charge on any atom is 0.263 e. The molecule has 0 spiro atoms. The standard InChI is InChI=1S/C24H33N5O3/c1-28-12-14-29(15-13-28)20-16-18(8-9-21(20)32-2)27-24(31)22-19(10-11-25-23(22)30)26-17-6-4-3-5-7-17/h8-11,16-17H,3-7,12-15H2,1-2H3,(H,27,31)(H2,25,26,30). The van der Waals surface area contributed by atoms with E-state index in [4.69, 9.17) is 4.74 Å². The van der Waals surface area contributed by atoms with Crippen molar-refractivity contribution in [2.24, 2.45) is 0 Å². The van der Waals surface area contributed by atoms with Gasteiger partial charge in [0, 0.05) is 44.1 Å². The number of hydrogen-bond acceptors (Lipinski definition) is 6. The Hall–Kier alpha value is -3.00. The van der Waals surface area contributed by atoms with Gasteiger partial charge in [0.2, 0.25) is 0 Å². The van der Waals surface area contributed by atoms with Crippen LogP contribution in [-0.4, -0.2) is 62.2 Å². The number of likely N-dealkylation sites (N-methyl/N-ethyl adjacent to an activating group) is 1. The van der Waals surface area contributed by atoms with Crippen LogP contribution in [0.15, 0.2) is 35.3 Å². The van der Waals surface area contributed by atoms with Gasteiger partial charge in [0.05, 0.1) is 18.5 Å². The van der Waals surface area contributed by atoms with E-state index < -0.39 is 11.5 Å². The van der Waals surface area contributed by atoms with Gasteiger partial charge in [-0.15, -0.1) is 0 Å². The van der Waals surface area contributed by atoms with Gasteiger partial charge in [0.1, 0.15) is 11.3 Å². The quantitative estimate of drug-likeness (QED) is 0.641. The highest BCUT2D eigenvalue weighted by Crippen LogP contribution is 2.32. The number of hydrogen-bond donors (Lipinski definition) is 3. The molecule has 2 aromatic rings. The number of benzene rings is 1. The Morgan fingerprint density at radius 2 is 1.84 bits per heavy atom. The van der Waals surface area contributed by atoms with Crippen molar-refractivity contribution in [3.05, 3.63) is 46.4 Å². The van der Waals surface area contributed by atoms with Gasteiger partial charge >= 0.3 is 0 Å². The number of carbonyl (C=O) groups is 1. The predicted molar refractivity (Wildman–Crippen MR) is 128 cm³/mol. The molecule has 2 heterocycles. The lowest BCUT2D eigenvalue weighted by Crippen LogP contribution is -2.44. The first-order chi connectivity index (χ1) is 15.5. The maximum atomic E-state index is 13.2. The molecule has 8 nitrogen and oxygen atoms in total. The third-order valence-corrected chi connectivity index (χ3v) is 6.43. The van der Waals surface area contributed by atoms with Gasteiger partial charge in [-0.25, -0.2) is 0 Å². The monoisotopic (exact) mass is 439 g/mol. The van der Waals surface area contributed by atoms with Crippen molar-refractivity contribution >= 4 is 23.0 Å². The van der Waals surface area contributed by atoms with Crippen LogP contribution < -0.4 is 25.8 Å². The van der Waals surface area contributed by atoms with Crippen molar-refractivity contribution in [1.29, 1.82) is 0 Å². The molecule has 1 aliphatic carbocycles. The summed E-state index contributed by atoms with van der Waals surface area (Å²) in [6.07, 6.45) is 7.28. The van der Waals surface area contributed by atoms with Crippen LogP contribution in [0.4, 0.5) is 17.1 Å². The minimum atomic E-state index is -0.417. The topological polar surface area (TPSA) is 89.7 Å². The van der Waals surface area contributed by atoms with Crippen molar-refractivity contribution in [3.8, 4) is 5.75 Å². The van der Waals surface area contributed by atoms with Crippen molar-refractivity contribution in [2.75, 3.05) is 55.9 Å². The third-order valence-electron chi connectivity index (χ3n) is 6.43. The predicted octanol–water partition coefficient (Wildman–Crippen LogP) is 3.13. The second kappa shape index (κ2) is 10.1. The number of nitrogens with one attached hydrogen (secondary N) is 3. The molecule has 0 radical (unpaired) electrons. The van der Waals surface area contributed by atoms with Gasteiger partial charge in [0.25, 0.3) is 11.5 Å². The summed E-state index contributed by atoms with van der Waals surface area (Å²) in [6, 6.07) is 7.66. The summed E-state index contributed by atoms with van der Waals surface area (Å²) in [6.45, 7) is 3.71. The van der Waals surface area contributed by atoms with E-state index in [9.17, 15) is 9.59 Å². The number of carbonyl (C=O) groups excluding carboxylic acids is 1. The molecular weight excluding hydrogens is 406 g/mol. The summed E-state index contributed by atoms with van der Waals surface area (Å²) in [5, 5.41) is 6.35. The summed E-state index contributed by atoms with van der Waals surface area (Å²) in [5.41, 5.74) is 1.90. The zero-order valence-corrected chi connectivity index (χ0v) is 18.9. The number of aromatic nitrogens is 1. The number of rotatable bonds is 6. The second-order valence-electron chi connectivity index (χ2n) is 8.71. The lowest BCUT2D eigenvalue weighted by Gasteiger charge is -2.35. The molecule has 32 heavy (non-hydrogen) atoms. The Labute approximate surface area is 188 Å². The zero-order valence-electron chi connectivity index (χ0n) is 18.9. The molecule has 1 aromatic heterocycles. The van der Waals surface area contributed by atoms with Crippen LogP contribution in [0.25, 0.3) is 0 Å². The van der Waals surface area contributed by atoms with Crippen LogP contribution in [0, 0.1) is 0 Å². The Balaban J connectivity index is 1.55. The molecule has 172 valence electrons. The first-order valence-corrected chi connectivity index (χ1v) is 11.5. The second-order valence-corrected chi connectivity index (χ2v) is 8.71. The summed E-state index contributed by atoms with van der Waals surface area (Å²) in [5.74, 6) is 0.351. The molecule has 0 atom stereocenters. The van der Waals surface area contributed by atoms with E-state index in [0.29, 0.717) is 17.4 Å². The zero-order chi connectivity index (χ0) is 22.5. The lowest BCUT2D eigenvalue weighted by atomic mass is 9.95. The van der Waals surface area contributed by atoms with E-state index in [-0.39, 0.29) is 5.56 Å². The number of nitrogens with zero attached hydrogens (tertiary/aromatic N) is 2. The molecule has 1 aromatic carbocycles. The normalized spacial score (nSPS) is 17.8. The minimum absolute atomic E-state index is 0.120.